The predicted octanol–water partition coefficient (Wildman–Crippen LogP) is 5.39. The number of nitrogens with zero attached hydrogens (tertiary/aromatic N) is 4. The number of aromatic nitrogens is 4. The molecule has 0 unspecified atom stereocenters. The van der Waals surface area contributed by atoms with Gasteiger partial charge in [-0.05, 0) is 45.0 Å². The Morgan fingerprint density at radius 1 is 0.968 bits per heavy atom. The van der Waals surface area contributed by atoms with Gasteiger partial charge >= 0.3 is 0 Å². The summed E-state index contributed by atoms with van der Waals surface area (Å²) in [6, 6.07) is 20.6. The summed E-state index contributed by atoms with van der Waals surface area (Å²) in [5.74, 6) is 2.39. The van der Waals surface area contributed by atoms with Crippen LogP contribution in [0.5, 0.6) is 5.88 Å². The Kier molecular flexibility index (Phi) is 4.09. The second-order valence-electron chi connectivity index (χ2n) is 8.80. The molecule has 0 amide bonds. The summed E-state index contributed by atoms with van der Waals surface area (Å²) in [6.45, 7) is 6.54. The van der Waals surface area contributed by atoms with E-state index >= 15 is 0 Å². The van der Waals surface area contributed by atoms with Gasteiger partial charge in [-0.15, -0.1) is 11.8 Å². The van der Waals surface area contributed by atoms with Gasteiger partial charge in [0, 0.05) is 28.7 Å². The Hall–Kier alpha value is -2.99. The second kappa shape index (κ2) is 6.76. The van der Waals surface area contributed by atoms with Crippen LogP contribution in [-0.2, 0) is 0 Å². The number of rotatable bonds is 2. The van der Waals surface area contributed by atoms with Crippen LogP contribution >= 0.6 is 11.8 Å². The van der Waals surface area contributed by atoms with Crippen LogP contribution in [0, 0.1) is 12.8 Å². The van der Waals surface area contributed by atoms with E-state index in [2.05, 4.69) is 61.9 Å². The first kappa shape index (κ1) is 18.8. The topological polar surface area (TPSA) is 44.9 Å². The molecule has 4 heterocycles. The van der Waals surface area contributed by atoms with E-state index in [0.29, 0.717) is 5.92 Å². The molecule has 2 aliphatic rings. The molecule has 0 N–H and O–H groups in total. The van der Waals surface area contributed by atoms with Crippen molar-refractivity contribution in [3.8, 4) is 17.3 Å². The van der Waals surface area contributed by atoms with Crippen molar-refractivity contribution in [2.24, 2.45) is 5.92 Å². The van der Waals surface area contributed by atoms with Crippen molar-refractivity contribution in [1.82, 2.24) is 19.6 Å². The lowest BCUT2D eigenvalue weighted by Crippen LogP contribution is -2.47. The van der Waals surface area contributed by atoms with E-state index < -0.39 is 0 Å². The lowest BCUT2D eigenvalue weighted by molar-refractivity contribution is 0.0199. The molecule has 0 saturated heterocycles. The van der Waals surface area contributed by atoms with Gasteiger partial charge in [-0.3, -0.25) is 0 Å². The largest absolute Gasteiger partial charge is 0.471 e. The Morgan fingerprint density at radius 3 is 2.29 bits per heavy atom. The molecule has 5 nitrogen and oxygen atoms in total. The second-order valence-corrected chi connectivity index (χ2v) is 9.81. The summed E-state index contributed by atoms with van der Waals surface area (Å²) in [4.78, 5) is 0. The van der Waals surface area contributed by atoms with Crippen molar-refractivity contribution in [2.45, 2.75) is 37.3 Å². The number of hydrogen-bond donors (Lipinski definition) is 0. The van der Waals surface area contributed by atoms with E-state index in [-0.39, 0.29) is 11.5 Å². The van der Waals surface area contributed by atoms with Crippen LogP contribution in [0.15, 0.2) is 71.9 Å². The van der Waals surface area contributed by atoms with Crippen molar-refractivity contribution >= 4 is 11.8 Å². The molecule has 2 atom stereocenters. The molecular weight excluding hydrogens is 404 g/mol. The first-order valence-electron chi connectivity index (χ1n) is 10.6. The lowest BCUT2D eigenvalue weighted by Gasteiger charge is -2.45. The minimum absolute atomic E-state index is 0.213. The molecule has 4 aromatic rings. The van der Waals surface area contributed by atoms with Crippen molar-refractivity contribution in [1.29, 1.82) is 0 Å². The van der Waals surface area contributed by atoms with Gasteiger partial charge in [-0.25, -0.2) is 9.36 Å². The predicted molar refractivity (Wildman–Crippen MR) is 123 cm³/mol. The third-order valence-electron chi connectivity index (χ3n) is 6.52. The van der Waals surface area contributed by atoms with Crippen molar-refractivity contribution in [3.63, 3.8) is 0 Å². The zero-order valence-electron chi connectivity index (χ0n) is 17.8. The van der Waals surface area contributed by atoms with Crippen molar-refractivity contribution in [2.75, 3.05) is 5.75 Å². The van der Waals surface area contributed by atoms with E-state index in [0.717, 1.165) is 34.3 Å². The molecule has 0 spiro atoms. The Balaban J connectivity index is 1.55. The molecule has 0 saturated carbocycles. The van der Waals surface area contributed by atoms with Crippen LogP contribution < -0.4 is 4.74 Å². The number of aryl methyl sites for hydroxylation is 1. The van der Waals surface area contributed by atoms with Gasteiger partial charge < -0.3 is 4.74 Å². The SMILES string of the molecule is Cc1nn(-c2ccccc2)c2c1[C@@H]1c3cnn(-c4ccccc4)c3OC(C)(C)[C@H]1CS2. The van der Waals surface area contributed by atoms with Crippen LogP contribution in [0.25, 0.3) is 11.4 Å². The third-order valence-corrected chi connectivity index (χ3v) is 7.71. The van der Waals surface area contributed by atoms with E-state index in [4.69, 9.17) is 14.9 Å². The summed E-state index contributed by atoms with van der Waals surface area (Å²) >= 11 is 1.89. The molecule has 2 aromatic carbocycles. The zero-order chi connectivity index (χ0) is 21.2. The number of para-hydroxylation sites is 2. The highest BCUT2D eigenvalue weighted by Crippen LogP contribution is 2.55. The highest BCUT2D eigenvalue weighted by Gasteiger charge is 2.50. The number of fused-ring (bicyclic) bond motifs is 5. The molecule has 6 heteroatoms. The normalized spacial score (nSPS) is 21.0. The maximum Gasteiger partial charge on any atom is 0.221 e. The molecular formula is C25H24N4OS. The third kappa shape index (κ3) is 2.78. The first-order chi connectivity index (χ1) is 15.0. The molecule has 0 fully saturated rings. The Labute approximate surface area is 186 Å². The highest BCUT2D eigenvalue weighted by molar-refractivity contribution is 7.99. The van der Waals surface area contributed by atoms with Gasteiger partial charge in [-0.2, -0.15) is 10.2 Å². The molecule has 6 rings (SSSR count). The highest BCUT2D eigenvalue weighted by atomic mass is 32.2. The van der Waals surface area contributed by atoms with E-state index in [1.807, 2.05) is 46.9 Å². The van der Waals surface area contributed by atoms with E-state index in [9.17, 15) is 0 Å². The molecule has 0 aliphatic carbocycles. The van der Waals surface area contributed by atoms with Gasteiger partial charge in [0.25, 0.3) is 0 Å². The molecule has 156 valence electrons. The van der Waals surface area contributed by atoms with Crippen LogP contribution in [0.4, 0.5) is 0 Å². The number of thioether (sulfide) groups is 1. The average molecular weight is 429 g/mol. The fourth-order valence-electron chi connectivity index (χ4n) is 4.94. The fourth-order valence-corrected chi connectivity index (χ4v) is 6.57. The van der Waals surface area contributed by atoms with Crippen LogP contribution in [0.3, 0.4) is 0 Å². The zero-order valence-corrected chi connectivity index (χ0v) is 18.6. The molecule has 0 radical (unpaired) electrons. The number of ether oxygens (including phenoxy) is 1. The number of hydrogen-bond acceptors (Lipinski definition) is 4. The maximum absolute atomic E-state index is 6.62. The number of benzene rings is 2. The quantitative estimate of drug-likeness (QED) is 0.429. The van der Waals surface area contributed by atoms with Gasteiger partial charge in [0.1, 0.15) is 10.6 Å². The van der Waals surface area contributed by atoms with Crippen LogP contribution in [0.2, 0.25) is 0 Å². The summed E-state index contributed by atoms with van der Waals surface area (Å²) in [5.41, 5.74) is 5.36. The van der Waals surface area contributed by atoms with E-state index in [1.165, 1.54) is 10.6 Å². The summed E-state index contributed by atoms with van der Waals surface area (Å²) < 4.78 is 10.7. The van der Waals surface area contributed by atoms with Gasteiger partial charge in [-0.1, -0.05) is 36.4 Å². The first-order valence-corrected chi connectivity index (χ1v) is 11.6. The molecule has 2 aliphatic heterocycles. The van der Waals surface area contributed by atoms with Crippen molar-refractivity contribution in [3.05, 3.63) is 83.7 Å². The van der Waals surface area contributed by atoms with Gasteiger partial charge in [0.2, 0.25) is 5.88 Å². The fraction of sp³-hybridized carbons (Fsp3) is 0.280. The standard InChI is InChI=1S/C25H24N4OS/c1-16-21-22-19-14-26-28(17-10-6-4-7-11-17)23(19)30-25(2,3)20(22)15-31-24(21)29(27-16)18-12-8-5-9-13-18/h4-14,20,22H,15H2,1-3H3/t20-,22+/m0/s1. The average Bonchev–Trinajstić information content (AvgIpc) is 3.35. The molecule has 0 bridgehead atoms. The van der Waals surface area contributed by atoms with Crippen LogP contribution in [-0.4, -0.2) is 30.9 Å². The summed E-state index contributed by atoms with van der Waals surface area (Å²) in [7, 11) is 0. The maximum atomic E-state index is 6.62. The van der Waals surface area contributed by atoms with Gasteiger partial charge in [0.15, 0.2) is 0 Å². The monoisotopic (exact) mass is 428 g/mol. The van der Waals surface area contributed by atoms with E-state index in [1.54, 1.807) is 0 Å². The summed E-state index contributed by atoms with van der Waals surface area (Å²) in [5, 5.41) is 11.0. The molecule has 31 heavy (non-hydrogen) atoms. The van der Waals surface area contributed by atoms with Crippen molar-refractivity contribution < 1.29 is 4.74 Å². The minimum Gasteiger partial charge on any atom is -0.471 e. The van der Waals surface area contributed by atoms with Crippen LogP contribution in [0.1, 0.15) is 36.6 Å². The summed E-state index contributed by atoms with van der Waals surface area (Å²) in [6.07, 6.45) is 1.99. The molecule has 2 aromatic heterocycles. The smallest absolute Gasteiger partial charge is 0.221 e. The van der Waals surface area contributed by atoms with Gasteiger partial charge in [0.05, 0.1) is 23.3 Å². The minimum atomic E-state index is -0.309. The lowest BCUT2D eigenvalue weighted by atomic mass is 9.73. The Bertz CT molecular complexity index is 1260. The Morgan fingerprint density at radius 2 is 1.61 bits per heavy atom.